The first-order valence-electron chi connectivity index (χ1n) is 7.64. The summed E-state index contributed by atoms with van der Waals surface area (Å²) in [6.45, 7) is 2.11. The molecule has 3 rings (SSSR count). The van der Waals surface area contributed by atoms with Crippen LogP contribution in [0.1, 0.15) is 28.5 Å². The molecule has 0 aliphatic carbocycles. The molecule has 2 aromatic heterocycles. The highest BCUT2D eigenvalue weighted by Crippen LogP contribution is 2.18. The maximum absolute atomic E-state index is 12.1. The van der Waals surface area contributed by atoms with Crippen LogP contribution in [-0.2, 0) is 6.42 Å². The van der Waals surface area contributed by atoms with Gasteiger partial charge in [-0.25, -0.2) is 5.43 Å². The molecule has 1 amide bonds. The number of nitrogens with one attached hydrogen (secondary N) is 2. The predicted molar refractivity (Wildman–Crippen MR) is 92.7 cm³/mol. The molecule has 2 heterocycles. The molecule has 120 valence electrons. The molecule has 2 N–H and O–H groups in total. The van der Waals surface area contributed by atoms with Crippen molar-refractivity contribution in [3.05, 3.63) is 71.7 Å². The van der Waals surface area contributed by atoms with E-state index in [1.54, 1.807) is 24.5 Å². The van der Waals surface area contributed by atoms with Crippen molar-refractivity contribution in [2.45, 2.75) is 13.3 Å². The van der Waals surface area contributed by atoms with E-state index < -0.39 is 0 Å². The second-order valence-corrected chi connectivity index (χ2v) is 5.20. The molecule has 0 fully saturated rings. The average Bonchev–Trinajstić information content (AvgIpc) is 3.13. The van der Waals surface area contributed by atoms with Crippen molar-refractivity contribution in [3.63, 3.8) is 0 Å². The molecule has 1 aromatic carbocycles. The van der Waals surface area contributed by atoms with E-state index in [-0.39, 0.29) is 5.91 Å². The number of amides is 1. The van der Waals surface area contributed by atoms with E-state index >= 15 is 0 Å². The quantitative estimate of drug-likeness (QED) is 0.560. The topological polar surface area (TPSA) is 83.0 Å². The lowest BCUT2D eigenvalue weighted by molar-refractivity contribution is 0.0950. The SMILES string of the molecule is CCc1ccc(-c2cc(C(=O)N/N=C/c3cccnc3)[nH]n2)cc1. The minimum absolute atomic E-state index is 0.348. The van der Waals surface area contributed by atoms with Gasteiger partial charge in [0.1, 0.15) is 5.69 Å². The molecule has 3 aromatic rings. The first-order chi connectivity index (χ1) is 11.8. The summed E-state index contributed by atoms with van der Waals surface area (Å²) in [4.78, 5) is 16.0. The van der Waals surface area contributed by atoms with Crippen molar-refractivity contribution in [1.29, 1.82) is 0 Å². The number of aryl methyl sites for hydroxylation is 1. The summed E-state index contributed by atoms with van der Waals surface area (Å²) in [5.41, 5.74) is 6.56. The third kappa shape index (κ3) is 3.73. The fraction of sp³-hybridized carbons (Fsp3) is 0.111. The lowest BCUT2D eigenvalue weighted by Gasteiger charge is -1.98. The van der Waals surface area contributed by atoms with Crippen LogP contribution in [-0.4, -0.2) is 27.3 Å². The van der Waals surface area contributed by atoms with Crippen LogP contribution >= 0.6 is 0 Å². The van der Waals surface area contributed by atoms with E-state index in [1.807, 2.05) is 18.2 Å². The zero-order valence-corrected chi connectivity index (χ0v) is 13.2. The van der Waals surface area contributed by atoms with Crippen LogP contribution in [0.5, 0.6) is 0 Å². The predicted octanol–water partition coefficient (Wildman–Crippen LogP) is 2.80. The monoisotopic (exact) mass is 319 g/mol. The number of benzene rings is 1. The Bertz CT molecular complexity index is 837. The zero-order valence-electron chi connectivity index (χ0n) is 13.2. The first kappa shape index (κ1) is 15.6. The zero-order chi connectivity index (χ0) is 16.8. The number of aromatic amines is 1. The highest BCUT2D eigenvalue weighted by molar-refractivity contribution is 5.94. The molecule has 24 heavy (non-hydrogen) atoms. The van der Waals surface area contributed by atoms with E-state index in [1.165, 1.54) is 11.8 Å². The number of nitrogens with zero attached hydrogens (tertiary/aromatic N) is 3. The second-order valence-electron chi connectivity index (χ2n) is 5.20. The van der Waals surface area contributed by atoms with Crippen LogP contribution in [0.25, 0.3) is 11.3 Å². The van der Waals surface area contributed by atoms with Gasteiger partial charge < -0.3 is 0 Å². The van der Waals surface area contributed by atoms with E-state index in [0.717, 1.165) is 23.2 Å². The van der Waals surface area contributed by atoms with Gasteiger partial charge in [-0.05, 0) is 24.1 Å². The number of H-pyrrole nitrogens is 1. The molecule has 0 atom stereocenters. The lowest BCUT2D eigenvalue weighted by atomic mass is 10.1. The van der Waals surface area contributed by atoms with Crippen molar-refractivity contribution in [3.8, 4) is 11.3 Å². The summed E-state index contributed by atoms with van der Waals surface area (Å²) in [6, 6.07) is 13.5. The van der Waals surface area contributed by atoms with Crippen LogP contribution < -0.4 is 5.43 Å². The smallest absolute Gasteiger partial charge is 0.272 e. The van der Waals surface area contributed by atoms with Gasteiger partial charge in [0, 0.05) is 23.5 Å². The van der Waals surface area contributed by atoms with E-state index in [0.29, 0.717) is 5.69 Å². The Morgan fingerprint density at radius 2 is 2.12 bits per heavy atom. The van der Waals surface area contributed by atoms with Crippen molar-refractivity contribution in [2.75, 3.05) is 0 Å². The lowest BCUT2D eigenvalue weighted by Crippen LogP contribution is -2.18. The molecular weight excluding hydrogens is 302 g/mol. The van der Waals surface area contributed by atoms with Gasteiger partial charge >= 0.3 is 0 Å². The largest absolute Gasteiger partial charge is 0.289 e. The summed E-state index contributed by atoms with van der Waals surface area (Å²) in [6.07, 6.45) is 5.86. The van der Waals surface area contributed by atoms with Gasteiger partial charge in [0.05, 0.1) is 11.9 Å². The Kier molecular flexibility index (Phi) is 4.76. The molecule has 0 spiro atoms. The van der Waals surface area contributed by atoms with E-state index in [2.05, 4.69) is 44.8 Å². The first-order valence-corrected chi connectivity index (χ1v) is 7.64. The molecule has 6 heteroatoms. The van der Waals surface area contributed by atoms with Crippen LogP contribution in [0.3, 0.4) is 0 Å². The highest BCUT2D eigenvalue weighted by Gasteiger charge is 2.10. The van der Waals surface area contributed by atoms with Gasteiger partial charge in [0.2, 0.25) is 0 Å². The average molecular weight is 319 g/mol. The molecular formula is C18H17N5O. The van der Waals surface area contributed by atoms with Gasteiger partial charge in [-0.1, -0.05) is 37.3 Å². The molecule has 0 bridgehead atoms. The third-order valence-electron chi connectivity index (χ3n) is 3.54. The Balaban J connectivity index is 1.66. The molecule has 0 aliphatic heterocycles. The number of hydrogen-bond donors (Lipinski definition) is 2. The fourth-order valence-electron chi connectivity index (χ4n) is 2.18. The van der Waals surface area contributed by atoms with Gasteiger partial charge in [0.25, 0.3) is 5.91 Å². The van der Waals surface area contributed by atoms with Crippen LogP contribution in [0, 0.1) is 0 Å². The Morgan fingerprint density at radius 1 is 1.29 bits per heavy atom. The van der Waals surface area contributed by atoms with Gasteiger partial charge in [-0.15, -0.1) is 0 Å². The molecule has 0 radical (unpaired) electrons. The normalized spacial score (nSPS) is 10.9. The number of carbonyl (C=O) groups excluding carboxylic acids is 1. The Morgan fingerprint density at radius 3 is 2.83 bits per heavy atom. The maximum Gasteiger partial charge on any atom is 0.289 e. The van der Waals surface area contributed by atoms with Crippen molar-refractivity contribution in [2.24, 2.45) is 5.10 Å². The molecule has 6 nitrogen and oxygen atoms in total. The van der Waals surface area contributed by atoms with E-state index in [4.69, 9.17) is 0 Å². The van der Waals surface area contributed by atoms with Crippen molar-refractivity contribution < 1.29 is 4.79 Å². The van der Waals surface area contributed by atoms with Crippen LogP contribution in [0.15, 0.2) is 60.0 Å². The van der Waals surface area contributed by atoms with Gasteiger partial charge in [-0.3, -0.25) is 14.9 Å². The second kappa shape index (κ2) is 7.32. The molecule has 0 saturated carbocycles. The molecule has 0 saturated heterocycles. The summed E-state index contributed by atoms with van der Waals surface area (Å²) < 4.78 is 0. The van der Waals surface area contributed by atoms with Gasteiger partial charge in [-0.2, -0.15) is 10.2 Å². The number of aromatic nitrogens is 3. The summed E-state index contributed by atoms with van der Waals surface area (Å²) in [5, 5.41) is 10.8. The minimum Gasteiger partial charge on any atom is -0.272 e. The number of hydrazone groups is 1. The Labute approximate surface area is 139 Å². The Hall–Kier alpha value is -3.28. The minimum atomic E-state index is -0.348. The standard InChI is InChI=1S/C18H17N5O/c1-2-13-5-7-15(8-6-13)16-10-17(22-21-16)18(24)23-20-12-14-4-3-9-19-11-14/h3-12H,2H2,1H3,(H,21,22)(H,23,24)/b20-12+. The fourth-order valence-corrected chi connectivity index (χ4v) is 2.18. The van der Waals surface area contributed by atoms with Gasteiger partial charge in [0.15, 0.2) is 0 Å². The number of rotatable bonds is 5. The van der Waals surface area contributed by atoms with Crippen LogP contribution in [0.2, 0.25) is 0 Å². The summed E-state index contributed by atoms with van der Waals surface area (Å²) >= 11 is 0. The van der Waals surface area contributed by atoms with E-state index in [9.17, 15) is 4.79 Å². The maximum atomic E-state index is 12.1. The third-order valence-corrected chi connectivity index (χ3v) is 3.54. The number of hydrogen-bond acceptors (Lipinski definition) is 4. The van der Waals surface area contributed by atoms with Crippen molar-refractivity contribution >= 4 is 12.1 Å². The number of pyridine rings is 1. The highest BCUT2D eigenvalue weighted by atomic mass is 16.2. The molecule has 0 aliphatic rings. The summed E-state index contributed by atoms with van der Waals surface area (Å²) in [7, 11) is 0. The van der Waals surface area contributed by atoms with Crippen molar-refractivity contribution in [1.82, 2.24) is 20.6 Å². The summed E-state index contributed by atoms with van der Waals surface area (Å²) in [5.74, 6) is -0.348. The van der Waals surface area contributed by atoms with Crippen LogP contribution in [0.4, 0.5) is 0 Å². The number of carbonyl (C=O) groups is 1. The molecule has 0 unspecified atom stereocenters.